The monoisotopic (exact) mass is 589 g/mol. The Morgan fingerprint density at radius 1 is 0.786 bits per heavy atom. The van der Waals surface area contributed by atoms with Crippen LogP contribution in [0.1, 0.15) is 47.0 Å². The molecule has 0 fully saturated rings. The van der Waals surface area contributed by atoms with Gasteiger partial charge >= 0.3 is 0 Å². The molecule has 5 aromatic rings. The minimum Gasteiger partial charge on any atom is -0.288 e. The lowest BCUT2D eigenvalue weighted by Gasteiger charge is -2.13. The molecule has 0 saturated carbocycles. The van der Waals surface area contributed by atoms with Gasteiger partial charge in [-0.1, -0.05) is 54.2 Å². The third-order valence-corrected chi connectivity index (χ3v) is 9.14. The van der Waals surface area contributed by atoms with E-state index in [4.69, 9.17) is 0 Å². The molecule has 0 spiro atoms. The number of ketones is 2. The van der Waals surface area contributed by atoms with Crippen molar-refractivity contribution in [2.45, 2.75) is 9.24 Å². The van der Waals surface area contributed by atoms with Crippen molar-refractivity contribution in [1.29, 1.82) is 0 Å². The van der Waals surface area contributed by atoms with Crippen molar-refractivity contribution in [3.05, 3.63) is 128 Å². The van der Waals surface area contributed by atoms with Crippen LogP contribution in [0, 0.1) is 10.1 Å². The number of benzene rings is 4. The van der Waals surface area contributed by atoms with Crippen molar-refractivity contribution in [3.8, 4) is 0 Å². The van der Waals surface area contributed by atoms with Crippen LogP contribution in [-0.4, -0.2) is 33.3 Å². The Morgan fingerprint density at radius 2 is 1.40 bits per heavy atom. The summed E-state index contributed by atoms with van der Waals surface area (Å²) in [4.78, 5) is 68.8. The van der Waals surface area contributed by atoms with Crippen molar-refractivity contribution in [2.24, 2.45) is 0 Å². The lowest BCUT2D eigenvalue weighted by Crippen LogP contribution is -2.29. The van der Waals surface area contributed by atoms with Gasteiger partial charge in [0.15, 0.2) is 15.9 Å². The lowest BCUT2D eigenvalue weighted by molar-refractivity contribution is -0.387. The van der Waals surface area contributed by atoms with E-state index in [1.54, 1.807) is 78.9 Å². The van der Waals surface area contributed by atoms with Gasteiger partial charge < -0.3 is 0 Å². The summed E-state index contributed by atoms with van der Waals surface area (Å²) < 4.78 is 1.23. The van der Waals surface area contributed by atoms with Gasteiger partial charge in [-0.2, -0.15) is 0 Å². The largest absolute Gasteiger partial charge is 0.288 e. The van der Waals surface area contributed by atoms with Crippen molar-refractivity contribution in [2.75, 3.05) is 4.90 Å². The fourth-order valence-electron chi connectivity index (χ4n) is 5.02. The number of hydrogen-bond acceptors (Lipinski definition) is 9. The molecule has 0 saturated heterocycles. The van der Waals surface area contributed by atoms with Crippen LogP contribution in [0.3, 0.4) is 0 Å². The van der Waals surface area contributed by atoms with Crippen molar-refractivity contribution < 1.29 is 24.1 Å². The number of carbonyl (C=O) groups is 4. The Morgan fingerprint density at radius 3 is 2.02 bits per heavy atom. The molecule has 2 amide bonds. The van der Waals surface area contributed by atoms with E-state index >= 15 is 0 Å². The number of carbonyl (C=O) groups excluding carboxylic acids is 4. The van der Waals surface area contributed by atoms with E-state index in [-0.39, 0.29) is 11.3 Å². The number of anilines is 1. The van der Waals surface area contributed by atoms with E-state index in [1.807, 2.05) is 0 Å². The summed E-state index contributed by atoms with van der Waals surface area (Å²) >= 11 is 2.38. The van der Waals surface area contributed by atoms with Crippen LogP contribution in [0.5, 0.6) is 0 Å². The highest BCUT2D eigenvalue weighted by Gasteiger charge is 2.36. The first-order valence-corrected chi connectivity index (χ1v) is 14.2. The number of aromatic nitrogens is 1. The summed E-state index contributed by atoms with van der Waals surface area (Å²) in [5, 5.41) is 12.0. The first kappa shape index (κ1) is 25.7. The van der Waals surface area contributed by atoms with E-state index < -0.39 is 28.3 Å². The quantitative estimate of drug-likeness (QED) is 0.0736. The van der Waals surface area contributed by atoms with Crippen LogP contribution < -0.4 is 4.90 Å². The first-order valence-electron chi connectivity index (χ1n) is 12.5. The van der Waals surface area contributed by atoms with E-state index in [9.17, 15) is 29.3 Å². The predicted molar refractivity (Wildman–Crippen MR) is 158 cm³/mol. The highest BCUT2D eigenvalue weighted by molar-refractivity contribution is 8.01. The standard InChI is InChI=1S/C31H15N3O6S2/c35-27-18-5-1-2-6-19(18)28(36)22(27)13-16-9-12-25(24(14-16)34(39)40)41-31-32-23-11-10-17(15-26(23)42-31)33-29(37)20-7-3-4-8-21(20)30(33)38/h1-15H. The second kappa shape index (κ2) is 9.68. The van der Waals surface area contributed by atoms with E-state index in [0.717, 1.165) is 16.7 Å². The smallest absolute Gasteiger partial charge is 0.283 e. The van der Waals surface area contributed by atoms with Gasteiger partial charge in [-0.05, 0) is 48.0 Å². The molecule has 0 N–H and O–H groups in total. The average Bonchev–Trinajstić information content (AvgIpc) is 3.59. The molecule has 0 unspecified atom stereocenters. The fraction of sp³-hybridized carbons (Fsp3) is 0. The molecule has 1 aliphatic heterocycles. The Bertz CT molecular complexity index is 2030. The molecule has 7 rings (SSSR count). The molecule has 11 heteroatoms. The highest BCUT2D eigenvalue weighted by atomic mass is 32.2. The van der Waals surface area contributed by atoms with Crippen LogP contribution in [0.4, 0.5) is 11.4 Å². The van der Waals surface area contributed by atoms with Crippen LogP contribution in [0.15, 0.2) is 99.7 Å². The lowest BCUT2D eigenvalue weighted by atomic mass is 10.1. The predicted octanol–water partition coefficient (Wildman–Crippen LogP) is 6.62. The van der Waals surface area contributed by atoms with Gasteiger partial charge in [0.25, 0.3) is 17.5 Å². The van der Waals surface area contributed by atoms with Crippen molar-refractivity contribution >= 4 is 74.1 Å². The highest BCUT2D eigenvalue weighted by Crippen LogP contribution is 2.41. The number of fused-ring (bicyclic) bond motifs is 3. The summed E-state index contributed by atoms with van der Waals surface area (Å²) in [6.45, 7) is 0. The van der Waals surface area contributed by atoms with Gasteiger partial charge in [0.1, 0.15) is 0 Å². The third-order valence-electron chi connectivity index (χ3n) is 7.00. The zero-order valence-electron chi connectivity index (χ0n) is 21.3. The molecular formula is C31H15N3O6S2. The maximum absolute atomic E-state index is 12.9. The second-order valence-corrected chi connectivity index (χ2v) is 11.8. The zero-order valence-corrected chi connectivity index (χ0v) is 22.9. The molecule has 0 atom stereocenters. The van der Waals surface area contributed by atoms with E-state index in [2.05, 4.69) is 4.98 Å². The van der Waals surface area contributed by atoms with E-state index in [1.165, 1.54) is 23.5 Å². The molecule has 2 heterocycles. The molecule has 0 radical (unpaired) electrons. The summed E-state index contributed by atoms with van der Waals surface area (Å²) in [5.74, 6) is -1.62. The maximum atomic E-state index is 12.9. The van der Waals surface area contributed by atoms with Gasteiger partial charge in [-0.25, -0.2) is 9.88 Å². The Balaban J connectivity index is 1.18. The van der Waals surface area contributed by atoms with Crippen LogP contribution >= 0.6 is 23.1 Å². The molecule has 4 aromatic carbocycles. The minimum absolute atomic E-state index is 0.0362. The number of thiazole rings is 1. The number of hydrogen-bond donors (Lipinski definition) is 0. The molecule has 1 aromatic heterocycles. The Kier molecular flexibility index (Phi) is 5.92. The molecule has 2 aliphatic rings. The van der Waals surface area contributed by atoms with Gasteiger partial charge in [0.2, 0.25) is 0 Å². The molecule has 0 bridgehead atoms. The normalized spacial score (nSPS) is 14.1. The number of amides is 2. The van der Waals surface area contributed by atoms with Crippen molar-refractivity contribution in [1.82, 2.24) is 4.98 Å². The van der Waals surface area contributed by atoms with E-state index in [0.29, 0.717) is 53.0 Å². The van der Waals surface area contributed by atoms with Crippen molar-refractivity contribution in [3.63, 3.8) is 0 Å². The van der Waals surface area contributed by atoms with Crippen LogP contribution in [0.2, 0.25) is 0 Å². The number of allylic oxidation sites excluding steroid dienone is 1. The number of Topliss-reactive ketones (excluding diaryl/α,β-unsaturated/α-hetero) is 2. The van der Waals surface area contributed by atoms with Crippen LogP contribution in [-0.2, 0) is 0 Å². The fourth-order valence-corrected chi connectivity index (χ4v) is 7.16. The second-order valence-electron chi connectivity index (χ2n) is 9.47. The van der Waals surface area contributed by atoms with Gasteiger partial charge in [-0.3, -0.25) is 29.3 Å². The first-order chi connectivity index (χ1) is 20.3. The summed E-state index contributed by atoms with van der Waals surface area (Å²) in [5.41, 5.74) is 2.48. The topological polar surface area (TPSA) is 128 Å². The summed E-state index contributed by atoms with van der Waals surface area (Å²) in [6.07, 6.45) is 1.38. The number of nitro groups is 1. The Hall–Kier alpha value is -5.26. The summed E-state index contributed by atoms with van der Waals surface area (Å²) in [6, 6.07) is 22.7. The molecular weight excluding hydrogens is 574 g/mol. The number of nitro benzene ring substituents is 1. The SMILES string of the molecule is O=C1C(=Cc2ccc(Sc3nc4ccc(N5C(=O)c6ccccc6C5=O)cc4s3)c([N+](=O)[O-])c2)C(=O)c2ccccc21. The number of nitrogens with zero attached hydrogens (tertiary/aromatic N) is 3. The maximum Gasteiger partial charge on any atom is 0.283 e. The van der Waals surface area contributed by atoms with Gasteiger partial charge in [0.05, 0.1) is 42.4 Å². The third kappa shape index (κ3) is 4.06. The van der Waals surface area contributed by atoms with Crippen LogP contribution in [0.25, 0.3) is 16.3 Å². The number of rotatable bonds is 5. The molecule has 9 nitrogen and oxygen atoms in total. The Labute approximate surface area is 245 Å². The average molecular weight is 590 g/mol. The van der Waals surface area contributed by atoms with Gasteiger partial charge in [-0.15, -0.1) is 11.3 Å². The van der Waals surface area contributed by atoms with Gasteiger partial charge in [0, 0.05) is 17.2 Å². The molecule has 42 heavy (non-hydrogen) atoms. The zero-order chi connectivity index (χ0) is 29.1. The molecule has 202 valence electrons. The minimum atomic E-state index is -0.523. The summed E-state index contributed by atoms with van der Waals surface area (Å²) in [7, 11) is 0. The molecule has 1 aliphatic carbocycles. The number of imide groups is 1.